The molecule has 2 N–H and O–H groups in total. The summed E-state index contributed by atoms with van der Waals surface area (Å²) in [7, 11) is -1.77. The molecule has 5 nitrogen and oxygen atoms in total. The molecular formula is C21H39BO5Si. The highest BCUT2D eigenvalue weighted by Gasteiger charge is 2.44. The van der Waals surface area contributed by atoms with Crippen LogP contribution in [0.5, 0.6) is 5.75 Å². The fourth-order valence-corrected chi connectivity index (χ4v) is 9.83. The second-order valence-electron chi connectivity index (χ2n) is 8.35. The second-order valence-corrected chi connectivity index (χ2v) is 13.8. The van der Waals surface area contributed by atoms with Crippen LogP contribution >= 0.6 is 0 Å². The molecule has 7 heteroatoms. The molecule has 1 aromatic carbocycles. The molecule has 0 aliphatic heterocycles. The molecule has 0 bridgehead atoms. The van der Waals surface area contributed by atoms with Crippen molar-refractivity contribution in [3.05, 3.63) is 23.8 Å². The van der Waals surface area contributed by atoms with E-state index in [1.807, 2.05) is 6.07 Å². The Hall–Kier alpha value is -0.858. The lowest BCUT2D eigenvalue weighted by molar-refractivity contribution is 0.172. The van der Waals surface area contributed by atoms with Crippen LogP contribution in [0.4, 0.5) is 0 Å². The molecule has 0 radical (unpaired) electrons. The van der Waals surface area contributed by atoms with Crippen molar-refractivity contribution >= 4 is 20.9 Å². The van der Waals surface area contributed by atoms with Gasteiger partial charge >= 0.3 is 7.12 Å². The molecule has 0 atom stereocenters. The van der Waals surface area contributed by atoms with Crippen molar-refractivity contribution in [3.63, 3.8) is 0 Å². The van der Waals surface area contributed by atoms with Gasteiger partial charge in [0.2, 0.25) is 0 Å². The van der Waals surface area contributed by atoms with Gasteiger partial charge in [0.1, 0.15) is 5.75 Å². The third kappa shape index (κ3) is 6.59. The summed E-state index contributed by atoms with van der Waals surface area (Å²) in [4.78, 5) is 0. The van der Waals surface area contributed by atoms with E-state index >= 15 is 0 Å². The fraction of sp³-hybridized carbons (Fsp3) is 0.714. The van der Waals surface area contributed by atoms with E-state index < -0.39 is 15.4 Å². The lowest BCUT2D eigenvalue weighted by Crippen LogP contribution is -2.48. The maximum atomic E-state index is 9.73. The lowest BCUT2D eigenvalue weighted by Gasteiger charge is -2.42. The highest BCUT2D eigenvalue weighted by molar-refractivity contribution is 6.77. The minimum Gasteiger partial charge on any atom is -0.494 e. The zero-order chi connectivity index (χ0) is 21.3. The zero-order valence-corrected chi connectivity index (χ0v) is 19.7. The number of methoxy groups -OCH3 is 1. The first-order valence-corrected chi connectivity index (χ1v) is 12.5. The van der Waals surface area contributed by atoms with E-state index in [1.165, 1.54) is 0 Å². The van der Waals surface area contributed by atoms with Crippen molar-refractivity contribution in [2.24, 2.45) is 0 Å². The molecule has 1 aromatic rings. The first-order chi connectivity index (χ1) is 13.2. The van der Waals surface area contributed by atoms with Crippen LogP contribution in [-0.4, -0.2) is 52.4 Å². The quantitative estimate of drug-likeness (QED) is 0.385. The Morgan fingerprint density at radius 1 is 0.929 bits per heavy atom. The molecule has 160 valence electrons. The first-order valence-electron chi connectivity index (χ1n) is 10.4. The van der Waals surface area contributed by atoms with Gasteiger partial charge in [-0.2, -0.15) is 0 Å². The summed E-state index contributed by atoms with van der Waals surface area (Å²) in [5.74, 6) is 0.732. The molecule has 1 rings (SSSR count). The Labute approximate surface area is 172 Å². The first kappa shape index (κ1) is 25.2. The van der Waals surface area contributed by atoms with Crippen LogP contribution in [0.15, 0.2) is 18.2 Å². The SMILES string of the molecule is COCCCOc1ccc(B(O)O)c(CCO[Si](C(C)C)(C(C)C)C(C)C)c1. The van der Waals surface area contributed by atoms with Crippen molar-refractivity contribution in [2.45, 2.75) is 71.0 Å². The maximum absolute atomic E-state index is 9.73. The average molecular weight is 410 g/mol. The van der Waals surface area contributed by atoms with E-state index in [9.17, 15) is 10.0 Å². The van der Waals surface area contributed by atoms with Crippen molar-refractivity contribution in [3.8, 4) is 5.75 Å². The Bertz CT molecular complexity index is 556. The van der Waals surface area contributed by atoms with E-state index in [4.69, 9.17) is 13.9 Å². The highest BCUT2D eigenvalue weighted by Crippen LogP contribution is 2.42. The lowest BCUT2D eigenvalue weighted by atomic mass is 9.76. The number of benzene rings is 1. The van der Waals surface area contributed by atoms with Crippen LogP contribution in [0.1, 0.15) is 53.5 Å². The molecule has 0 saturated carbocycles. The van der Waals surface area contributed by atoms with Gasteiger partial charge in [-0.1, -0.05) is 47.6 Å². The Kier molecular flexibility index (Phi) is 10.8. The van der Waals surface area contributed by atoms with E-state index in [0.717, 1.165) is 17.7 Å². The number of rotatable bonds is 13. The van der Waals surface area contributed by atoms with Crippen molar-refractivity contribution in [2.75, 3.05) is 26.9 Å². The predicted octanol–water partition coefficient (Wildman–Crippen LogP) is 3.52. The molecule has 0 amide bonds. The normalized spacial score (nSPS) is 12.3. The predicted molar refractivity (Wildman–Crippen MR) is 119 cm³/mol. The molecule has 0 spiro atoms. The van der Waals surface area contributed by atoms with Crippen molar-refractivity contribution < 1.29 is 23.9 Å². The van der Waals surface area contributed by atoms with Crippen LogP contribution in [0.25, 0.3) is 0 Å². The Balaban J connectivity index is 2.90. The van der Waals surface area contributed by atoms with Crippen LogP contribution in [0.3, 0.4) is 0 Å². The van der Waals surface area contributed by atoms with E-state index in [1.54, 1.807) is 19.2 Å². The van der Waals surface area contributed by atoms with Gasteiger partial charge in [0.25, 0.3) is 0 Å². The summed E-state index contributed by atoms with van der Waals surface area (Å²) >= 11 is 0. The standard InChI is InChI=1S/C21H39BO5Si/c1-16(2)28(17(3)4,18(5)6)27-14-11-19-15-20(26-13-8-12-25-7)9-10-21(19)22(23)24/h9-10,15-18,23-24H,8,11-14H2,1-7H3. The maximum Gasteiger partial charge on any atom is 0.488 e. The van der Waals surface area contributed by atoms with Crippen LogP contribution in [0, 0.1) is 0 Å². The van der Waals surface area contributed by atoms with Crippen molar-refractivity contribution in [1.82, 2.24) is 0 Å². The third-order valence-electron chi connectivity index (χ3n) is 5.58. The summed E-state index contributed by atoms with van der Waals surface area (Å²) in [6, 6.07) is 5.40. The van der Waals surface area contributed by atoms with Gasteiger partial charge in [-0.05, 0) is 46.2 Å². The molecule has 0 fully saturated rings. The fourth-order valence-electron chi connectivity index (χ4n) is 4.37. The van der Waals surface area contributed by atoms with Gasteiger partial charge in [-0.25, -0.2) is 0 Å². The van der Waals surface area contributed by atoms with Crippen LogP contribution in [0.2, 0.25) is 16.6 Å². The van der Waals surface area contributed by atoms with E-state index in [2.05, 4.69) is 41.5 Å². The van der Waals surface area contributed by atoms with Crippen LogP contribution < -0.4 is 10.2 Å². The Morgan fingerprint density at radius 3 is 2.04 bits per heavy atom. The molecule has 0 aliphatic carbocycles. The molecular weight excluding hydrogens is 371 g/mol. The van der Waals surface area contributed by atoms with E-state index in [-0.39, 0.29) is 0 Å². The summed E-state index contributed by atoms with van der Waals surface area (Å²) in [6.45, 7) is 15.4. The zero-order valence-electron chi connectivity index (χ0n) is 18.7. The average Bonchev–Trinajstić information content (AvgIpc) is 2.61. The summed E-state index contributed by atoms with van der Waals surface area (Å²) in [5, 5.41) is 19.5. The Morgan fingerprint density at radius 2 is 1.54 bits per heavy atom. The number of ether oxygens (including phenoxy) is 2. The molecule has 0 saturated heterocycles. The van der Waals surface area contributed by atoms with Gasteiger partial charge < -0.3 is 23.9 Å². The van der Waals surface area contributed by atoms with Gasteiger partial charge in [0.05, 0.1) is 6.61 Å². The van der Waals surface area contributed by atoms with Gasteiger partial charge in [0.15, 0.2) is 8.32 Å². The number of hydrogen-bond acceptors (Lipinski definition) is 5. The summed E-state index contributed by atoms with van der Waals surface area (Å²) < 4.78 is 17.4. The number of hydrogen-bond donors (Lipinski definition) is 2. The van der Waals surface area contributed by atoms with Gasteiger partial charge in [-0.15, -0.1) is 0 Å². The minimum atomic E-state index is -1.94. The molecule has 0 aliphatic rings. The van der Waals surface area contributed by atoms with Crippen LogP contribution in [-0.2, 0) is 15.6 Å². The topological polar surface area (TPSA) is 68.2 Å². The van der Waals surface area contributed by atoms with Crippen molar-refractivity contribution in [1.29, 1.82) is 0 Å². The van der Waals surface area contributed by atoms with Gasteiger partial charge in [-0.3, -0.25) is 0 Å². The smallest absolute Gasteiger partial charge is 0.488 e. The minimum absolute atomic E-state index is 0.513. The molecule has 0 aromatic heterocycles. The third-order valence-corrected chi connectivity index (χ3v) is 11.7. The molecule has 0 unspecified atom stereocenters. The van der Waals surface area contributed by atoms with Gasteiger partial charge in [0, 0.05) is 26.7 Å². The second kappa shape index (κ2) is 12.0. The molecule has 28 heavy (non-hydrogen) atoms. The highest BCUT2D eigenvalue weighted by atomic mass is 28.4. The van der Waals surface area contributed by atoms with E-state index in [0.29, 0.717) is 48.3 Å². The summed E-state index contributed by atoms with van der Waals surface area (Å²) in [5.41, 5.74) is 2.93. The summed E-state index contributed by atoms with van der Waals surface area (Å²) in [6.07, 6.45) is 1.44. The monoisotopic (exact) mass is 410 g/mol. The molecule has 0 heterocycles. The largest absolute Gasteiger partial charge is 0.494 e.